The van der Waals surface area contributed by atoms with Gasteiger partial charge in [-0.3, -0.25) is 4.79 Å². The van der Waals surface area contributed by atoms with Crippen molar-refractivity contribution >= 4 is 18.1 Å². The van der Waals surface area contributed by atoms with Crippen molar-refractivity contribution in [3.05, 3.63) is 42.0 Å². The van der Waals surface area contributed by atoms with Gasteiger partial charge < -0.3 is 4.79 Å². The molecule has 2 heteroatoms. The van der Waals surface area contributed by atoms with Crippen molar-refractivity contribution in [3.8, 4) is 0 Å². The first-order chi connectivity index (χ1) is 6.77. The van der Waals surface area contributed by atoms with Gasteiger partial charge in [-0.05, 0) is 11.1 Å². The first-order valence-corrected chi connectivity index (χ1v) is 4.43. The van der Waals surface area contributed by atoms with E-state index in [1.54, 1.807) is 6.08 Å². The summed E-state index contributed by atoms with van der Waals surface area (Å²) in [5.41, 5.74) is 1.88. The van der Waals surface area contributed by atoms with Crippen LogP contribution in [0.5, 0.6) is 0 Å². The lowest BCUT2D eigenvalue weighted by atomic mass is 10.0. The van der Waals surface area contributed by atoms with Crippen LogP contribution < -0.4 is 0 Å². The summed E-state index contributed by atoms with van der Waals surface area (Å²) in [7, 11) is 0. The zero-order chi connectivity index (χ0) is 10.4. The molecule has 0 heterocycles. The highest BCUT2D eigenvalue weighted by molar-refractivity contribution is 5.91. The van der Waals surface area contributed by atoms with Gasteiger partial charge in [-0.25, -0.2) is 0 Å². The van der Waals surface area contributed by atoms with Gasteiger partial charge in [-0.15, -0.1) is 0 Å². The summed E-state index contributed by atoms with van der Waals surface area (Å²) in [5, 5.41) is 0. The summed E-state index contributed by atoms with van der Waals surface area (Å²) in [6.45, 7) is 3.66. The van der Waals surface area contributed by atoms with Crippen molar-refractivity contribution in [1.82, 2.24) is 0 Å². The molecule has 0 aromatic heterocycles. The number of hydrogen-bond donors (Lipinski definition) is 0. The largest absolute Gasteiger partial charge is 0.303 e. The van der Waals surface area contributed by atoms with Crippen LogP contribution in [-0.2, 0) is 16.0 Å². The topological polar surface area (TPSA) is 34.1 Å². The van der Waals surface area contributed by atoms with Gasteiger partial charge in [0, 0.05) is 6.42 Å². The normalized spacial score (nSPS) is 9.43. The Kier molecular flexibility index (Phi) is 3.80. The van der Waals surface area contributed by atoms with Gasteiger partial charge >= 0.3 is 0 Å². The molecule has 0 spiro atoms. The third-order valence-electron chi connectivity index (χ3n) is 1.97. The predicted molar refractivity (Wildman–Crippen MR) is 55.9 cm³/mol. The quantitative estimate of drug-likeness (QED) is 0.523. The Morgan fingerprint density at radius 3 is 2.71 bits per heavy atom. The molecule has 0 unspecified atom stereocenters. The van der Waals surface area contributed by atoms with E-state index in [0.29, 0.717) is 12.7 Å². The Bertz CT molecular complexity index is 353. The van der Waals surface area contributed by atoms with Crippen LogP contribution in [0.25, 0.3) is 6.08 Å². The lowest BCUT2D eigenvalue weighted by Crippen LogP contribution is -2.04. The monoisotopic (exact) mass is 188 g/mol. The molecule has 0 amide bonds. The van der Waals surface area contributed by atoms with E-state index in [1.807, 2.05) is 24.3 Å². The maximum absolute atomic E-state index is 11.2. The zero-order valence-electron chi connectivity index (χ0n) is 7.90. The summed E-state index contributed by atoms with van der Waals surface area (Å²) in [4.78, 5) is 21.3. The summed E-state index contributed by atoms with van der Waals surface area (Å²) in [6.07, 6.45) is 2.65. The number of rotatable bonds is 5. The SMILES string of the molecule is C=Cc1ccccc1CC(=O)CC=O. The summed E-state index contributed by atoms with van der Waals surface area (Å²) in [5.74, 6) is -0.0608. The molecule has 0 N–H and O–H groups in total. The number of Topliss-reactive ketones (excluding diaryl/α,β-unsaturated/α-hetero) is 1. The fourth-order valence-corrected chi connectivity index (χ4v) is 1.27. The van der Waals surface area contributed by atoms with Gasteiger partial charge in [0.1, 0.15) is 12.1 Å². The molecule has 14 heavy (non-hydrogen) atoms. The van der Waals surface area contributed by atoms with Crippen molar-refractivity contribution in [1.29, 1.82) is 0 Å². The molecule has 1 rings (SSSR count). The Hall–Kier alpha value is -1.70. The number of carbonyl (C=O) groups excluding carboxylic acids is 2. The molecule has 0 atom stereocenters. The molecule has 0 aliphatic rings. The fourth-order valence-electron chi connectivity index (χ4n) is 1.27. The van der Waals surface area contributed by atoms with Crippen LogP contribution in [0.2, 0.25) is 0 Å². The van der Waals surface area contributed by atoms with Gasteiger partial charge in [-0.2, -0.15) is 0 Å². The molecule has 0 bridgehead atoms. The molecule has 2 nitrogen and oxygen atoms in total. The van der Waals surface area contributed by atoms with E-state index >= 15 is 0 Å². The lowest BCUT2D eigenvalue weighted by Gasteiger charge is -2.02. The Labute approximate surface area is 83.3 Å². The highest BCUT2D eigenvalue weighted by Crippen LogP contribution is 2.11. The van der Waals surface area contributed by atoms with Crippen LogP contribution in [0.1, 0.15) is 17.5 Å². The molecule has 0 radical (unpaired) electrons. The van der Waals surface area contributed by atoms with Crippen LogP contribution in [-0.4, -0.2) is 12.1 Å². The molecular formula is C12H12O2. The molecular weight excluding hydrogens is 176 g/mol. The molecule has 0 aliphatic carbocycles. The van der Waals surface area contributed by atoms with Gasteiger partial charge in [0.2, 0.25) is 0 Å². The van der Waals surface area contributed by atoms with E-state index in [-0.39, 0.29) is 12.2 Å². The second-order valence-corrected chi connectivity index (χ2v) is 2.99. The van der Waals surface area contributed by atoms with E-state index in [4.69, 9.17) is 0 Å². The van der Waals surface area contributed by atoms with Crippen molar-refractivity contribution in [2.45, 2.75) is 12.8 Å². The van der Waals surface area contributed by atoms with Crippen molar-refractivity contribution in [3.63, 3.8) is 0 Å². The van der Waals surface area contributed by atoms with Crippen LogP contribution in [0.15, 0.2) is 30.8 Å². The van der Waals surface area contributed by atoms with E-state index < -0.39 is 0 Å². The molecule has 72 valence electrons. The number of benzene rings is 1. The van der Waals surface area contributed by atoms with Gasteiger partial charge in [0.25, 0.3) is 0 Å². The third kappa shape index (κ3) is 2.66. The maximum Gasteiger partial charge on any atom is 0.144 e. The Balaban J connectivity index is 2.79. The molecule has 1 aromatic rings. The average Bonchev–Trinajstić information content (AvgIpc) is 2.19. The summed E-state index contributed by atoms with van der Waals surface area (Å²) < 4.78 is 0. The first-order valence-electron chi connectivity index (χ1n) is 4.43. The van der Waals surface area contributed by atoms with E-state index in [0.717, 1.165) is 11.1 Å². The van der Waals surface area contributed by atoms with E-state index in [9.17, 15) is 9.59 Å². The Morgan fingerprint density at radius 2 is 2.07 bits per heavy atom. The molecule has 1 aromatic carbocycles. The van der Waals surface area contributed by atoms with Gasteiger partial charge in [0.15, 0.2) is 0 Å². The predicted octanol–water partition coefficient (Wildman–Crippen LogP) is 2.03. The molecule has 0 aliphatic heterocycles. The van der Waals surface area contributed by atoms with Crippen LogP contribution >= 0.6 is 0 Å². The second-order valence-electron chi connectivity index (χ2n) is 2.99. The van der Waals surface area contributed by atoms with Crippen molar-refractivity contribution in [2.24, 2.45) is 0 Å². The highest BCUT2D eigenvalue weighted by Gasteiger charge is 2.04. The summed E-state index contributed by atoms with van der Waals surface area (Å²) in [6, 6.07) is 7.54. The number of hydrogen-bond acceptors (Lipinski definition) is 2. The molecule has 0 fully saturated rings. The van der Waals surface area contributed by atoms with Crippen LogP contribution in [0, 0.1) is 0 Å². The van der Waals surface area contributed by atoms with E-state index in [2.05, 4.69) is 6.58 Å². The fraction of sp³-hybridized carbons (Fsp3) is 0.167. The lowest BCUT2D eigenvalue weighted by molar-refractivity contribution is -0.121. The highest BCUT2D eigenvalue weighted by atomic mass is 16.1. The average molecular weight is 188 g/mol. The summed E-state index contributed by atoms with van der Waals surface area (Å²) >= 11 is 0. The molecule has 0 saturated carbocycles. The number of aldehydes is 1. The minimum absolute atomic E-state index is 0.00846. The maximum atomic E-state index is 11.2. The van der Waals surface area contributed by atoms with Gasteiger partial charge in [0.05, 0.1) is 6.42 Å². The minimum atomic E-state index is -0.0608. The zero-order valence-corrected chi connectivity index (χ0v) is 7.90. The van der Waals surface area contributed by atoms with Crippen LogP contribution in [0.4, 0.5) is 0 Å². The third-order valence-corrected chi connectivity index (χ3v) is 1.97. The number of carbonyl (C=O) groups is 2. The van der Waals surface area contributed by atoms with Gasteiger partial charge in [-0.1, -0.05) is 36.9 Å². The van der Waals surface area contributed by atoms with E-state index in [1.165, 1.54) is 0 Å². The molecule has 0 saturated heterocycles. The Morgan fingerprint density at radius 1 is 1.36 bits per heavy atom. The van der Waals surface area contributed by atoms with Crippen molar-refractivity contribution in [2.75, 3.05) is 0 Å². The smallest absolute Gasteiger partial charge is 0.144 e. The minimum Gasteiger partial charge on any atom is -0.303 e. The standard InChI is InChI=1S/C12H12O2/c1-2-10-5-3-4-6-11(10)9-12(14)7-8-13/h2-6,8H,1,7,9H2. The van der Waals surface area contributed by atoms with Crippen LogP contribution in [0.3, 0.4) is 0 Å². The number of ketones is 1. The second kappa shape index (κ2) is 5.12. The van der Waals surface area contributed by atoms with Crippen molar-refractivity contribution < 1.29 is 9.59 Å². The first kappa shape index (κ1) is 10.4.